The van der Waals surface area contributed by atoms with Gasteiger partial charge in [-0.05, 0) is 55.6 Å². The van der Waals surface area contributed by atoms with E-state index in [1.807, 2.05) is 19.2 Å². The number of hydrogen-bond acceptors (Lipinski definition) is 3. The molecule has 114 valence electrons. The van der Waals surface area contributed by atoms with Gasteiger partial charge in [-0.3, -0.25) is 4.79 Å². The highest BCUT2D eigenvalue weighted by molar-refractivity contribution is 5.95. The van der Waals surface area contributed by atoms with Crippen LogP contribution in [0, 0.1) is 11.3 Å². The van der Waals surface area contributed by atoms with Gasteiger partial charge in [0.2, 0.25) is 0 Å². The maximum atomic E-state index is 12.4. The van der Waals surface area contributed by atoms with E-state index < -0.39 is 0 Å². The van der Waals surface area contributed by atoms with Gasteiger partial charge in [0.15, 0.2) is 0 Å². The first kappa shape index (κ1) is 14.4. The first-order valence-electron chi connectivity index (χ1n) is 8.14. The lowest BCUT2D eigenvalue weighted by atomic mass is 10.0. The van der Waals surface area contributed by atoms with E-state index in [1.165, 1.54) is 25.7 Å². The molecular weight excluding hydrogens is 262 g/mol. The second-order valence-electron chi connectivity index (χ2n) is 6.55. The summed E-state index contributed by atoms with van der Waals surface area (Å²) < 4.78 is 0. The second kappa shape index (κ2) is 5.66. The van der Waals surface area contributed by atoms with Crippen LogP contribution in [0.1, 0.15) is 55.1 Å². The van der Waals surface area contributed by atoms with Crippen LogP contribution in [0.3, 0.4) is 0 Å². The second-order valence-corrected chi connectivity index (χ2v) is 6.55. The predicted molar refractivity (Wildman–Crippen MR) is 84.5 cm³/mol. The van der Waals surface area contributed by atoms with E-state index in [2.05, 4.69) is 22.5 Å². The van der Waals surface area contributed by atoms with E-state index in [0.717, 1.165) is 42.4 Å². The van der Waals surface area contributed by atoms with Crippen LogP contribution in [0.4, 0.5) is 5.82 Å². The van der Waals surface area contributed by atoms with E-state index >= 15 is 0 Å². The number of rotatable bonds is 7. The lowest BCUT2D eigenvalue weighted by Gasteiger charge is -2.15. The number of pyridine rings is 1. The number of aromatic nitrogens is 1. The number of carbonyl (C=O) groups excluding carboxylic acids is 1. The minimum absolute atomic E-state index is 0.0400. The molecule has 0 spiro atoms. The molecule has 0 aromatic carbocycles. The molecule has 2 aliphatic carbocycles. The molecule has 0 unspecified atom stereocenters. The van der Waals surface area contributed by atoms with Crippen molar-refractivity contribution in [1.29, 1.82) is 0 Å². The molecule has 2 fully saturated rings. The molecule has 0 radical (unpaired) electrons. The standard InChI is InChI=1S/C17H25N3O/c1-3-4-14-9-12(10-15(18-2)20-14)16(21)19-11-17(7-8-17)13-5-6-13/h9-10,13H,3-8,11H2,1-2H3,(H,18,20)(H,19,21). The van der Waals surface area contributed by atoms with Crippen LogP contribution >= 0.6 is 0 Å². The number of hydrogen-bond donors (Lipinski definition) is 2. The van der Waals surface area contributed by atoms with Crippen LogP contribution < -0.4 is 10.6 Å². The molecule has 2 aliphatic rings. The smallest absolute Gasteiger partial charge is 0.251 e. The maximum Gasteiger partial charge on any atom is 0.251 e. The molecule has 2 saturated carbocycles. The predicted octanol–water partition coefficient (Wildman–Crippen LogP) is 3.00. The molecule has 0 saturated heterocycles. The van der Waals surface area contributed by atoms with Crippen molar-refractivity contribution < 1.29 is 4.79 Å². The third-order valence-electron chi connectivity index (χ3n) is 4.84. The monoisotopic (exact) mass is 287 g/mol. The summed E-state index contributed by atoms with van der Waals surface area (Å²) in [7, 11) is 1.84. The minimum atomic E-state index is 0.0400. The summed E-state index contributed by atoms with van der Waals surface area (Å²) in [5.74, 6) is 1.69. The summed E-state index contributed by atoms with van der Waals surface area (Å²) in [5.41, 5.74) is 2.16. The van der Waals surface area contributed by atoms with Crippen molar-refractivity contribution in [3.8, 4) is 0 Å². The summed E-state index contributed by atoms with van der Waals surface area (Å²) in [6.45, 7) is 2.97. The van der Waals surface area contributed by atoms with E-state index in [0.29, 0.717) is 5.41 Å². The van der Waals surface area contributed by atoms with E-state index in [9.17, 15) is 4.79 Å². The SMILES string of the molecule is CCCc1cc(C(=O)NCC2(C3CC3)CC2)cc(NC)n1. The van der Waals surface area contributed by atoms with E-state index in [1.54, 1.807) is 0 Å². The molecule has 2 N–H and O–H groups in total. The summed E-state index contributed by atoms with van der Waals surface area (Å²) >= 11 is 0. The Hall–Kier alpha value is -1.58. The lowest BCUT2D eigenvalue weighted by Crippen LogP contribution is -2.31. The zero-order chi connectivity index (χ0) is 14.9. The van der Waals surface area contributed by atoms with Crippen LogP contribution in [0.15, 0.2) is 12.1 Å². The van der Waals surface area contributed by atoms with E-state index in [-0.39, 0.29) is 5.91 Å². The molecule has 4 heteroatoms. The Morgan fingerprint density at radius 1 is 1.38 bits per heavy atom. The fourth-order valence-electron chi connectivity index (χ4n) is 3.18. The normalized spacial score (nSPS) is 19.1. The largest absolute Gasteiger partial charge is 0.373 e. The Morgan fingerprint density at radius 3 is 2.71 bits per heavy atom. The van der Waals surface area contributed by atoms with Crippen LogP contribution in [0.25, 0.3) is 0 Å². The van der Waals surface area contributed by atoms with Gasteiger partial charge in [0, 0.05) is 24.8 Å². The number of carbonyl (C=O) groups is 1. The van der Waals surface area contributed by atoms with E-state index in [4.69, 9.17) is 0 Å². The van der Waals surface area contributed by atoms with Gasteiger partial charge in [-0.25, -0.2) is 4.98 Å². The Labute approximate surface area is 126 Å². The van der Waals surface area contributed by atoms with Crippen molar-refractivity contribution in [3.63, 3.8) is 0 Å². The zero-order valence-corrected chi connectivity index (χ0v) is 13.0. The summed E-state index contributed by atoms with van der Waals surface area (Å²) in [4.78, 5) is 16.9. The quantitative estimate of drug-likeness (QED) is 0.810. The van der Waals surface area contributed by atoms with Crippen LogP contribution in [0.2, 0.25) is 0 Å². The third-order valence-corrected chi connectivity index (χ3v) is 4.84. The van der Waals surface area contributed by atoms with Crippen molar-refractivity contribution in [2.24, 2.45) is 11.3 Å². The Kier molecular flexibility index (Phi) is 3.87. The summed E-state index contributed by atoms with van der Waals surface area (Å²) in [6, 6.07) is 3.77. The number of nitrogens with zero attached hydrogens (tertiary/aromatic N) is 1. The van der Waals surface area contributed by atoms with Crippen molar-refractivity contribution >= 4 is 11.7 Å². The van der Waals surface area contributed by atoms with Crippen molar-refractivity contribution in [1.82, 2.24) is 10.3 Å². The molecule has 1 aromatic rings. The summed E-state index contributed by atoms with van der Waals surface area (Å²) in [6.07, 6.45) is 7.23. The van der Waals surface area contributed by atoms with Gasteiger partial charge in [-0.1, -0.05) is 13.3 Å². The molecule has 0 bridgehead atoms. The van der Waals surface area contributed by atoms with Crippen LogP contribution in [-0.2, 0) is 6.42 Å². The van der Waals surface area contributed by atoms with Crippen molar-refractivity contribution in [2.45, 2.75) is 45.4 Å². The first-order valence-corrected chi connectivity index (χ1v) is 8.14. The number of anilines is 1. The first-order chi connectivity index (χ1) is 10.2. The lowest BCUT2D eigenvalue weighted by molar-refractivity contribution is 0.0942. The van der Waals surface area contributed by atoms with Gasteiger partial charge in [0.05, 0.1) is 0 Å². The maximum absolute atomic E-state index is 12.4. The molecule has 1 aromatic heterocycles. The molecule has 1 heterocycles. The molecule has 0 aliphatic heterocycles. The molecular formula is C17H25N3O. The molecule has 21 heavy (non-hydrogen) atoms. The van der Waals surface area contributed by atoms with Crippen molar-refractivity contribution in [3.05, 3.63) is 23.4 Å². The average Bonchev–Trinajstić information content (AvgIpc) is 3.37. The van der Waals surface area contributed by atoms with Gasteiger partial charge in [0.1, 0.15) is 5.82 Å². The Balaban J connectivity index is 1.66. The van der Waals surface area contributed by atoms with Gasteiger partial charge in [-0.2, -0.15) is 0 Å². The minimum Gasteiger partial charge on any atom is -0.373 e. The highest BCUT2D eigenvalue weighted by atomic mass is 16.1. The topological polar surface area (TPSA) is 54.0 Å². The molecule has 3 rings (SSSR count). The molecule has 0 atom stereocenters. The fourth-order valence-corrected chi connectivity index (χ4v) is 3.18. The fraction of sp³-hybridized carbons (Fsp3) is 0.647. The third kappa shape index (κ3) is 3.20. The van der Waals surface area contributed by atoms with Gasteiger partial charge < -0.3 is 10.6 Å². The number of aryl methyl sites for hydroxylation is 1. The number of amides is 1. The number of nitrogens with one attached hydrogen (secondary N) is 2. The highest BCUT2D eigenvalue weighted by Crippen LogP contribution is 2.60. The summed E-state index contributed by atoms with van der Waals surface area (Å²) in [5, 5.41) is 6.19. The Morgan fingerprint density at radius 2 is 2.14 bits per heavy atom. The van der Waals surface area contributed by atoms with Crippen molar-refractivity contribution in [2.75, 3.05) is 18.9 Å². The van der Waals surface area contributed by atoms with Crippen LogP contribution in [0.5, 0.6) is 0 Å². The Bertz CT molecular complexity index is 533. The highest BCUT2D eigenvalue weighted by Gasteiger charge is 2.53. The van der Waals surface area contributed by atoms with Gasteiger partial charge in [0.25, 0.3) is 5.91 Å². The average molecular weight is 287 g/mol. The zero-order valence-electron chi connectivity index (χ0n) is 13.0. The van der Waals surface area contributed by atoms with Gasteiger partial charge >= 0.3 is 0 Å². The van der Waals surface area contributed by atoms with Gasteiger partial charge in [-0.15, -0.1) is 0 Å². The van der Waals surface area contributed by atoms with Crippen LogP contribution in [-0.4, -0.2) is 24.5 Å². The molecule has 4 nitrogen and oxygen atoms in total. The molecule has 1 amide bonds.